The Balaban J connectivity index is 2.44. The monoisotopic (exact) mass is 367 g/mol. The highest BCUT2D eigenvalue weighted by Crippen LogP contribution is 2.33. The average molecular weight is 367 g/mol. The highest BCUT2D eigenvalue weighted by Gasteiger charge is 2.42. The fraction of sp³-hybridized carbons (Fsp3) is 0.308. The van der Waals surface area contributed by atoms with Crippen molar-refractivity contribution in [3.05, 3.63) is 41.5 Å². The van der Waals surface area contributed by atoms with Crippen LogP contribution in [0.15, 0.2) is 24.3 Å². The highest BCUT2D eigenvalue weighted by atomic mass is 19.4. The number of hydrogen-bond acceptors (Lipinski definition) is 4. The van der Waals surface area contributed by atoms with E-state index in [1.54, 1.807) is 5.32 Å². The molecule has 0 saturated heterocycles. The third-order valence-electron chi connectivity index (χ3n) is 3.04. The molecule has 0 unspecified atom stereocenters. The Morgan fingerprint density at radius 1 is 1.20 bits per heavy atom. The fourth-order valence-electron chi connectivity index (χ4n) is 1.85. The summed E-state index contributed by atoms with van der Waals surface area (Å²) in [6.07, 6.45) is -5.14. The van der Waals surface area contributed by atoms with Crippen molar-refractivity contribution in [3.63, 3.8) is 0 Å². The van der Waals surface area contributed by atoms with Gasteiger partial charge in [0.25, 0.3) is 11.8 Å². The maximum absolute atomic E-state index is 13.7. The van der Waals surface area contributed by atoms with Gasteiger partial charge in [-0.15, -0.1) is 5.10 Å². The van der Waals surface area contributed by atoms with Crippen molar-refractivity contribution in [2.24, 2.45) is 5.73 Å². The number of nitrogens with two attached hydrogens (primary N) is 1. The van der Waals surface area contributed by atoms with Crippen LogP contribution in [0.3, 0.4) is 0 Å². The zero-order valence-corrected chi connectivity index (χ0v) is 12.3. The number of rotatable bonds is 5. The summed E-state index contributed by atoms with van der Waals surface area (Å²) < 4.78 is 79.8. The summed E-state index contributed by atoms with van der Waals surface area (Å²) in [5.74, 6) is -6.09. The molecule has 25 heavy (non-hydrogen) atoms. The molecule has 1 aromatic carbocycles. The third kappa shape index (κ3) is 4.07. The van der Waals surface area contributed by atoms with Gasteiger partial charge in [0.05, 0.1) is 13.1 Å². The first-order chi connectivity index (χ1) is 11.6. The zero-order valence-electron chi connectivity index (χ0n) is 12.3. The van der Waals surface area contributed by atoms with E-state index in [0.717, 1.165) is 12.1 Å². The molecule has 12 heteroatoms. The van der Waals surface area contributed by atoms with Crippen LogP contribution in [0, 0.1) is 5.82 Å². The first-order valence-corrected chi connectivity index (χ1v) is 6.71. The number of halogens is 6. The first-order valence-electron chi connectivity index (χ1n) is 6.71. The molecule has 1 aromatic heterocycles. The molecule has 0 saturated carbocycles. The van der Waals surface area contributed by atoms with E-state index in [1.807, 2.05) is 0 Å². The van der Waals surface area contributed by atoms with E-state index >= 15 is 0 Å². The van der Waals surface area contributed by atoms with Crippen LogP contribution in [0.25, 0.3) is 5.69 Å². The summed E-state index contributed by atoms with van der Waals surface area (Å²) in [7, 11) is 0. The first kappa shape index (κ1) is 18.7. The maximum Gasteiger partial charge on any atom is 0.435 e. The number of carbonyl (C=O) groups excluding carboxylic acids is 1. The van der Waals surface area contributed by atoms with Gasteiger partial charge in [-0.1, -0.05) is 17.3 Å². The Morgan fingerprint density at radius 2 is 1.84 bits per heavy atom. The molecule has 0 spiro atoms. The van der Waals surface area contributed by atoms with Crippen LogP contribution in [-0.2, 0) is 6.18 Å². The number of amides is 1. The Bertz CT molecular complexity index is 773. The van der Waals surface area contributed by atoms with Crippen molar-refractivity contribution in [1.29, 1.82) is 0 Å². The molecule has 0 bridgehead atoms. The maximum atomic E-state index is 13.7. The minimum atomic E-state index is -5.14. The Hall–Kier alpha value is -2.63. The predicted molar refractivity (Wildman–Crippen MR) is 72.7 cm³/mol. The number of nitrogens with one attached hydrogen (secondary N) is 1. The SMILES string of the molecule is NCC(F)(F)CNC(=O)c1nnn(-c2ccccc2F)c1C(F)(F)F. The summed E-state index contributed by atoms with van der Waals surface area (Å²) in [6, 6.07) is 4.37. The number of alkyl halides is 5. The minimum absolute atomic E-state index is 0.0886. The van der Waals surface area contributed by atoms with E-state index in [4.69, 9.17) is 5.73 Å². The van der Waals surface area contributed by atoms with Gasteiger partial charge in [-0.25, -0.2) is 17.9 Å². The van der Waals surface area contributed by atoms with Crippen LogP contribution >= 0.6 is 0 Å². The van der Waals surface area contributed by atoms with Gasteiger partial charge >= 0.3 is 6.18 Å². The van der Waals surface area contributed by atoms with E-state index in [1.165, 1.54) is 12.1 Å². The van der Waals surface area contributed by atoms with E-state index in [2.05, 4.69) is 10.3 Å². The van der Waals surface area contributed by atoms with E-state index in [0.29, 0.717) is 0 Å². The molecule has 0 fully saturated rings. The predicted octanol–water partition coefficient (Wildman–Crippen LogP) is 1.75. The molecule has 1 amide bonds. The molecule has 0 radical (unpaired) electrons. The third-order valence-corrected chi connectivity index (χ3v) is 3.04. The van der Waals surface area contributed by atoms with Gasteiger partial charge in [-0.2, -0.15) is 13.2 Å². The lowest BCUT2D eigenvalue weighted by molar-refractivity contribution is -0.143. The van der Waals surface area contributed by atoms with Gasteiger partial charge in [0.2, 0.25) is 0 Å². The van der Waals surface area contributed by atoms with Gasteiger partial charge in [0.1, 0.15) is 11.5 Å². The van der Waals surface area contributed by atoms with Crippen molar-refractivity contribution < 1.29 is 31.1 Å². The van der Waals surface area contributed by atoms with Gasteiger partial charge < -0.3 is 11.1 Å². The number of aromatic nitrogens is 3. The van der Waals surface area contributed by atoms with Crippen molar-refractivity contribution in [2.45, 2.75) is 12.1 Å². The largest absolute Gasteiger partial charge is 0.435 e. The molecule has 0 aliphatic carbocycles. The molecule has 0 atom stereocenters. The quantitative estimate of drug-likeness (QED) is 0.789. The molecule has 1 heterocycles. The van der Waals surface area contributed by atoms with Crippen LogP contribution in [0.2, 0.25) is 0 Å². The Labute approximate surface area is 136 Å². The van der Waals surface area contributed by atoms with E-state index in [-0.39, 0.29) is 4.68 Å². The lowest BCUT2D eigenvalue weighted by atomic mass is 10.2. The number of para-hydroxylation sites is 1. The lowest BCUT2D eigenvalue weighted by Gasteiger charge is -2.15. The van der Waals surface area contributed by atoms with Gasteiger partial charge in [0, 0.05) is 0 Å². The number of carbonyl (C=O) groups is 1. The molecule has 0 aliphatic heterocycles. The summed E-state index contributed by atoms with van der Waals surface area (Å²) in [5, 5.41) is 7.80. The van der Waals surface area contributed by atoms with Crippen LogP contribution < -0.4 is 11.1 Å². The van der Waals surface area contributed by atoms with Gasteiger partial charge in [-0.3, -0.25) is 4.79 Å². The molecule has 3 N–H and O–H groups in total. The van der Waals surface area contributed by atoms with Crippen LogP contribution in [-0.4, -0.2) is 39.9 Å². The molecule has 2 rings (SSSR count). The van der Waals surface area contributed by atoms with Crippen molar-refractivity contribution in [2.75, 3.05) is 13.1 Å². The summed E-state index contributed by atoms with van der Waals surface area (Å²) in [4.78, 5) is 11.8. The molecule has 6 nitrogen and oxygen atoms in total. The fourth-order valence-corrected chi connectivity index (χ4v) is 1.85. The second-order valence-corrected chi connectivity index (χ2v) is 4.89. The zero-order chi connectivity index (χ0) is 18.8. The van der Waals surface area contributed by atoms with Crippen LogP contribution in [0.4, 0.5) is 26.3 Å². The summed E-state index contributed by atoms with van der Waals surface area (Å²) in [5.41, 5.74) is 1.22. The molecule has 2 aromatic rings. The number of hydrogen-bond donors (Lipinski definition) is 2. The van der Waals surface area contributed by atoms with Crippen molar-refractivity contribution in [1.82, 2.24) is 20.3 Å². The number of nitrogens with zero attached hydrogens (tertiary/aromatic N) is 3. The summed E-state index contributed by atoms with van der Waals surface area (Å²) in [6.45, 7) is -2.40. The van der Waals surface area contributed by atoms with Gasteiger partial charge in [0.15, 0.2) is 11.4 Å². The standard InChI is InChI=1S/C13H11F6N5O/c14-7-3-1-2-4-8(7)24-10(13(17,18)19)9(22-23-24)11(25)21-6-12(15,16)5-20/h1-4H,5-6,20H2,(H,21,25). The van der Waals surface area contributed by atoms with Crippen molar-refractivity contribution >= 4 is 5.91 Å². The molecular formula is C13H11F6N5O. The van der Waals surface area contributed by atoms with Crippen LogP contribution in [0.1, 0.15) is 16.2 Å². The second kappa shape index (κ2) is 6.70. The lowest BCUT2D eigenvalue weighted by Crippen LogP contribution is -2.42. The number of benzene rings is 1. The van der Waals surface area contributed by atoms with Crippen LogP contribution in [0.5, 0.6) is 0 Å². The smallest absolute Gasteiger partial charge is 0.344 e. The topological polar surface area (TPSA) is 85.8 Å². The van der Waals surface area contributed by atoms with E-state index < -0.39 is 54.0 Å². The van der Waals surface area contributed by atoms with E-state index in [9.17, 15) is 31.1 Å². The Kier molecular flexibility index (Phi) is 5.02. The molecule has 136 valence electrons. The normalized spacial score (nSPS) is 12.3. The molecular weight excluding hydrogens is 356 g/mol. The van der Waals surface area contributed by atoms with Crippen molar-refractivity contribution in [3.8, 4) is 5.69 Å². The second-order valence-electron chi connectivity index (χ2n) is 4.89. The summed E-state index contributed by atoms with van der Waals surface area (Å²) >= 11 is 0. The Morgan fingerprint density at radius 3 is 2.40 bits per heavy atom. The molecule has 0 aliphatic rings. The van der Waals surface area contributed by atoms with Gasteiger partial charge in [-0.05, 0) is 12.1 Å². The highest BCUT2D eigenvalue weighted by molar-refractivity contribution is 5.93. The average Bonchev–Trinajstić information content (AvgIpc) is 2.98. The minimum Gasteiger partial charge on any atom is -0.344 e.